The molecule has 2 aromatic rings. The normalized spacial score (nSPS) is 35.2. The second kappa shape index (κ2) is 10.8. The fourth-order valence-corrected chi connectivity index (χ4v) is 3.94. The largest absolute Gasteiger partial charge is 0.394 e. The van der Waals surface area contributed by atoms with Crippen LogP contribution in [0.1, 0.15) is 12.5 Å². The topological polar surface area (TPSA) is 308 Å². The van der Waals surface area contributed by atoms with Crippen LogP contribution < -0.4 is 34.1 Å². The number of aliphatic hydroxyl groups excluding tert-OH is 4. The lowest BCUT2D eigenvalue weighted by Crippen LogP contribution is -2.56. The van der Waals surface area contributed by atoms with Crippen molar-refractivity contribution in [3.63, 3.8) is 0 Å². The van der Waals surface area contributed by atoms with Crippen LogP contribution in [-0.4, -0.2) is 105 Å². The number of nitrogens with zero attached hydrogens (tertiary/aromatic N) is 3. The van der Waals surface area contributed by atoms with Crippen LogP contribution in [0.25, 0.3) is 0 Å². The number of anilines is 1. The van der Waals surface area contributed by atoms with Crippen molar-refractivity contribution in [3.05, 3.63) is 55.8 Å². The van der Waals surface area contributed by atoms with Crippen LogP contribution in [0.2, 0.25) is 0 Å². The lowest BCUT2D eigenvalue weighted by Gasteiger charge is -2.30. The van der Waals surface area contributed by atoms with Crippen molar-refractivity contribution in [2.24, 2.45) is 11.5 Å². The van der Waals surface area contributed by atoms with Gasteiger partial charge in [0.25, 0.3) is 5.56 Å². The summed E-state index contributed by atoms with van der Waals surface area (Å²) in [6, 6.07) is 2.39. The number of rotatable bonds is 5. The Morgan fingerprint density at radius 2 is 1.54 bits per heavy atom. The lowest BCUT2D eigenvalue weighted by molar-refractivity contribution is -0.107. The Kier molecular flexibility index (Phi) is 8.29. The van der Waals surface area contributed by atoms with E-state index in [1.807, 2.05) is 4.98 Å². The molecule has 0 bridgehead atoms. The third-order valence-corrected chi connectivity index (χ3v) is 6.02. The molecule has 0 aromatic carbocycles. The number of aliphatic hydroxyl groups is 6. The molecule has 0 unspecified atom stereocenters. The molecule has 8 atom stereocenters. The van der Waals surface area contributed by atoms with Gasteiger partial charge in [-0.25, -0.2) is 9.59 Å². The van der Waals surface area contributed by atoms with Gasteiger partial charge >= 0.3 is 11.4 Å². The molecule has 206 valence electrons. The summed E-state index contributed by atoms with van der Waals surface area (Å²) in [6.07, 6.45) is -5.44. The van der Waals surface area contributed by atoms with Gasteiger partial charge in [0.2, 0.25) is 0 Å². The summed E-state index contributed by atoms with van der Waals surface area (Å²) >= 11 is 0. The van der Waals surface area contributed by atoms with Gasteiger partial charge in [-0.2, -0.15) is 4.98 Å². The maximum Gasteiger partial charge on any atom is 0.351 e. The van der Waals surface area contributed by atoms with Crippen LogP contribution in [0.4, 0.5) is 5.82 Å². The summed E-state index contributed by atoms with van der Waals surface area (Å²) in [4.78, 5) is 39.6. The maximum atomic E-state index is 11.7. The Balaban J connectivity index is 0.000000206. The summed E-state index contributed by atoms with van der Waals surface area (Å²) in [6.45, 7) is -1.45. The predicted molar refractivity (Wildman–Crippen MR) is 121 cm³/mol. The first-order chi connectivity index (χ1) is 17.3. The molecule has 0 saturated carbocycles. The van der Waals surface area contributed by atoms with Crippen LogP contribution in [0.3, 0.4) is 0 Å². The summed E-state index contributed by atoms with van der Waals surface area (Å²) in [7, 11) is 0. The van der Waals surface area contributed by atoms with Crippen LogP contribution in [0.5, 0.6) is 0 Å². The van der Waals surface area contributed by atoms with E-state index in [1.54, 1.807) is 0 Å². The molecule has 2 aromatic heterocycles. The van der Waals surface area contributed by atoms with E-state index in [2.05, 4.69) is 4.98 Å². The minimum atomic E-state index is -2.25. The Hall–Kier alpha value is -3.04. The van der Waals surface area contributed by atoms with Gasteiger partial charge in [0.1, 0.15) is 30.2 Å². The standard InChI is InChI=1S/C10H16N4O5.C9H13N3O6/c11-4-10(18)7(16)5(3-15)19-8(10)14-2-1-6(12)13-9(14)17;10-9(17)6(15)4(3-13)18-7(9)12-2-1-5(14)11-8(12)16/h1-2,5,7-8,15-16,18H,3-4,11H2,(H2,12,13,17);1-2,4,6-7,13,15,17H,3,10H2,(H,11,14,16)/t5-,7-,8-,10-;4-,6-,7-,9-/m11/s1. The fraction of sp³-hybridized carbons (Fsp3) is 0.579. The van der Waals surface area contributed by atoms with E-state index in [9.17, 15) is 34.8 Å². The molecule has 4 heterocycles. The average molecular weight is 531 g/mol. The summed E-state index contributed by atoms with van der Waals surface area (Å²) in [5.74, 6) is 0.0230. The van der Waals surface area contributed by atoms with E-state index in [0.29, 0.717) is 0 Å². The highest BCUT2D eigenvalue weighted by atomic mass is 16.6. The second-order valence-corrected chi connectivity index (χ2v) is 8.45. The highest BCUT2D eigenvalue weighted by molar-refractivity contribution is 5.24. The Morgan fingerprint density at radius 1 is 0.973 bits per heavy atom. The number of nitrogens with two attached hydrogens (primary N) is 3. The molecule has 2 fully saturated rings. The summed E-state index contributed by atoms with van der Waals surface area (Å²) < 4.78 is 12.2. The van der Waals surface area contributed by atoms with Crippen LogP contribution in [0.15, 0.2) is 38.9 Å². The number of nitrogen functional groups attached to an aromatic ring is 1. The van der Waals surface area contributed by atoms with Gasteiger partial charge in [0, 0.05) is 25.0 Å². The first-order valence-corrected chi connectivity index (χ1v) is 10.8. The molecular formula is C19H29N7O11. The highest BCUT2D eigenvalue weighted by Gasteiger charge is 2.56. The van der Waals surface area contributed by atoms with Gasteiger partial charge in [-0.15, -0.1) is 0 Å². The first kappa shape index (κ1) is 28.5. The van der Waals surface area contributed by atoms with Crippen LogP contribution >= 0.6 is 0 Å². The van der Waals surface area contributed by atoms with Gasteiger partial charge in [-0.1, -0.05) is 0 Å². The molecule has 18 heteroatoms. The molecule has 0 aliphatic carbocycles. The zero-order chi connectivity index (χ0) is 27.7. The SMILES string of the molecule is NC[C@@]1(O)[C@H](O)[C@@H](CO)O[C@H]1n1ccc(N)nc1=O.N[C@@]1(O)[C@H](O)[C@@H](CO)O[C@H]1n1ccc(=O)[nH]c1=O. The minimum absolute atomic E-state index is 0.0230. The summed E-state index contributed by atoms with van der Waals surface area (Å²) in [5, 5.41) is 57.8. The van der Waals surface area contributed by atoms with E-state index in [0.717, 1.165) is 21.4 Å². The Labute approximate surface area is 206 Å². The molecule has 4 rings (SSSR count). The maximum absolute atomic E-state index is 11.7. The smallest absolute Gasteiger partial charge is 0.351 e. The van der Waals surface area contributed by atoms with Crippen molar-refractivity contribution in [1.29, 1.82) is 0 Å². The Bertz CT molecular complexity index is 1260. The third kappa shape index (κ3) is 5.20. The molecular weight excluding hydrogens is 502 g/mol. The molecule has 37 heavy (non-hydrogen) atoms. The number of nitrogens with one attached hydrogen (secondary N) is 1. The zero-order valence-electron chi connectivity index (χ0n) is 19.2. The van der Waals surface area contributed by atoms with Gasteiger partial charge in [0.05, 0.1) is 13.2 Å². The van der Waals surface area contributed by atoms with Crippen molar-refractivity contribution in [3.8, 4) is 0 Å². The molecule has 13 N–H and O–H groups in total. The van der Waals surface area contributed by atoms with Crippen molar-refractivity contribution in [2.45, 2.75) is 48.2 Å². The molecule has 2 saturated heterocycles. The average Bonchev–Trinajstić information content (AvgIpc) is 3.24. The lowest BCUT2D eigenvalue weighted by atomic mass is 9.94. The van der Waals surface area contributed by atoms with E-state index < -0.39 is 78.4 Å². The second-order valence-electron chi connectivity index (χ2n) is 8.45. The monoisotopic (exact) mass is 531 g/mol. The molecule has 0 amide bonds. The number of ether oxygens (including phenoxy) is 2. The third-order valence-electron chi connectivity index (χ3n) is 6.02. The van der Waals surface area contributed by atoms with E-state index in [4.69, 9.17) is 36.9 Å². The highest BCUT2D eigenvalue weighted by Crippen LogP contribution is 2.37. The quantitative estimate of drug-likeness (QED) is 0.160. The van der Waals surface area contributed by atoms with Gasteiger partial charge in [-0.3, -0.25) is 24.6 Å². The van der Waals surface area contributed by atoms with E-state index in [1.165, 1.54) is 12.3 Å². The molecule has 2 aliphatic rings. The minimum Gasteiger partial charge on any atom is -0.394 e. The fourth-order valence-electron chi connectivity index (χ4n) is 3.94. The number of hydrogen-bond donors (Lipinski definition) is 10. The van der Waals surface area contributed by atoms with E-state index in [-0.39, 0.29) is 12.4 Å². The van der Waals surface area contributed by atoms with Crippen molar-refractivity contribution in [1.82, 2.24) is 19.1 Å². The number of aromatic nitrogens is 4. The molecule has 0 spiro atoms. The van der Waals surface area contributed by atoms with Crippen molar-refractivity contribution < 1.29 is 40.1 Å². The van der Waals surface area contributed by atoms with Gasteiger partial charge < -0.3 is 51.6 Å². The number of H-pyrrole nitrogens is 1. The summed E-state index contributed by atoms with van der Waals surface area (Å²) in [5.41, 5.74) is 9.95. The van der Waals surface area contributed by atoms with Gasteiger partial charge in [0.15, 0.2) is 23.8 Å². The molecule has 18 nitrogen and oxygen atoms in total. The zero-order valence-corrected chi connectivity index (χ0v) is 19.2. The molecule has 2 aliphatic heterocycles. The number of hydrogen-bond acceptors (Lipinski definition) is 15. The van der Waals surface area contributed by atoms with Crippen molar-refractivity contribution >= 4 is 5.82 Å². The first-order valence-electron chi connectivity index (χ1n) is 10.8. The molecule has 0 radical (unpaired) electrons. The van der Waals surface area contributed by atoms with Crippen molar-refractivity contribution in [2.75, 3.05) is 25.5 Å². The Morgan fingerprint density at radius 3 is 2.05 bits per heavy atom. The van der Waals surface area contributed by atoms with E-state index >= 15 is 0 Å². The van der Waals surface area contributed by atoms with Crippen LogP contribution in [-0.2, 0) is 9.47 Å². The predicted octanol–water partition coefficient (Wildman–Crippen LogP) is -6.80. The number of aromatic amines is 1. The van der Waals surface area contributed by atoms with Crippen LogP contribution in [0, 0.1) is 0 Å². The van der Waals surface area contributed by atoms with Gasteiger partial charge in [-0.05, 0) is 6.07 Å².